The van der Waals surface area contributed by atoms with Crippen molar-refractivity contribution in [2.24, 2.45) is 0 Å². The molecule has 1 rings (SSSR count). The number of nitrogens with one attached hydrogen (secondary N) is 1. The average molecular weight is 432 g/mol. The zero-order chi connectivity index (χ0) is 15.5. The predicted molar refractivity (Wildman–Crippen MR) is 86.9 cm³/mol. The molecule has 1 amide bonds. The molecule has 1 unspecified atom stereocenters. The van der Waals surface area contributed by atoms with E-state index in [0.717, 1.165) is 9.83 Å². The van der Waals surface area contributed by atoms with Gasteiger partial charge in [0.15, 0.2) is 9.84 Å². The van der Waals surface area contributed by atoms with Crippen LogP contribution in [0.2, 0.25) is 5.02 Å². The van der Waals surface area contributed by atoms with Crippen LogP contribution < -0.4 is 10.1 Å². The number of benzene rings is 1. The van der Waals surface area contributed by atoms with Gasteiger partial charge < -0.3 is 10.1 Å². The number of halogens is 2. The molecule has 0 aliphatic heterocycles. The van der Waals surface area contributed by atoms with Crippen LogP contribution in [0.5, 0.6) is 5.75 Å². The minimum absolute atomic E-state index is 0.151. The molecule has 20 heavy (non-hydrogen) atoms. The van der Waals surface area contributed by atoms with Crippen LogP contribution in [0.4, 0.5) is 0 Å². The van der Waals surface area contributed by atoms with Crippen LogP contribution in [0.3, 0.4) is 0 Å². The fourth-order valence-corrected chi connectivity index (χ4v) is 2.52. The number of carbonyl (C=O) groups is 1. The van der Waals surface area contributed by atoms with Crippen LogP contribution in [-0.2, 0) is 21.2 Å². The summed E-state index contributed by atoms with van der Waals surface area (Å²) in [7, 11) is -1.89. The molecule has 0 heterocycles. The number of amides is 1. The van der Waals surface area contributed by atoms with Crippen molar-refractivity contribution in [3.05, 3.63) is 26.3 Å². The molecule has 1 aromatic rings. The Bertz CT molecular complexity index is 618. The van der Waals surface area contributed by atoms with E-state index in [-0.39, 0.29) is 6.54 Å². The number of carbonyl (C=O) groups excluding carboxylic acids is 1. The minimum Gasteiger partial charge on any atom is -0.496 e. The Morgan fingerprint density at radius 1 is 1.50 bits per heavy atom. The predicted octanol–water partition coefficient (Wildman–Crippen LogP) is 2.00. The van der Waals surface area contributed by atoms with Crippen molar-refractivity contribution >= 4 is 49.9 Å². The van der Waals surface area contributed by atoms with Crippen molar-refractivity contribution in [1.29, 1.82) is 0 Å². The molecule has 0 aromatic heterocycles. The van der Waals surface area contributed by atoms with E-state index >= 15 is 0 Å². The Morgan fingerprint density at radius 3 is 2.60 bits per heavy atom. The molecular weight excluding hydrogens is 417 g/mol. The molecule has 0 fully saturated rings. The molecule has 0 saturated heterocycles. The Morgan fingerprint density at radius 2 is 2.10 bits per heavy atom. The van der Waals surface area contributed by atoms with Gasteiger partial charge in [-0.1, -0.05) is 11.6 Å². The lowest BCUT2D eigenvalue weighted by Gasteiger charge is -2.13. The number of hydrogen-bond acceptors (Lipinski definition) is 4. The van der Waals surface area contributed by atoms with Crippen molar-refractivity contribution < 1.29 is 17.9 Å². The molecule has 0 aliphatic rings. The van der Waals surface area contributed by atoms with Crippen LogP contribution in [-0.4, -0.2) is 32.9 Å². The first kappa shape index (κ1) is 17.5. The molecule has 8 heteroatoms. The Balaban J connectivity index is 2.85. The summed E-state index contributed by atoms with van der Waals surface area (Å²) in [4.78, 5) is 11.7. The maximum absolute atomic E-state index is 11.7. The van der Waals surface area contributed by atoms with Gasteiger partial charge in [-0.05, 0) is 41.6 Å². The third kappa shape index (κ3) is 4.49. The van der Waals surface area contributed by atoms with Gasteiger partial charge in [-0.3, -0.25) is 4.79 Å². The standard InChI is InChI=1S/C12H15ClINO4S/c1-7(20(3,17)18)12(16)15-6-8-4-9(13)10(14)5-11(8)19-2/h4-5,7H,6H2,1-3H3,(H,15,16). The number of methoxy groups -OCH3 is 1. The zero-order valence-corrected chi connectivity index (χ0v) is 15.0. The van der Waals surface area contributed by atoms with E-state index in [2.05, 4.69) is 27.9 Å². The van der Waals surface area contributed by atoms with Crippen molar-refractivity contribution in [3.8, 4) is 5.75 Å². The molecule has 0 radical (unpaired) electrons. The van der Waals surface area contributed by atoms with Crippen LogP contribution in [0, 0.1) is 3.57 Å². The average Bonchev–Trinajstić information content (AvgIpc) is 2.37. The first-order valence-electron chi connectivity index (χ1n) is 5.65. The van der Waals surface area contributed by atoms with Crippen molar-refractivity contribution in [2.75, 3.05) is 13.4 Å². The van der Waals surface area contributed by atoms with Gasteiger partial charge in [0.25, 0.3) is 0 Å². The number of rotatable bonds is 5. The molecule has 0 saturated carbocycles. The minimum atomic E-state index is -3.41. The van der Waals surface area contributed by atoms with Gasteiger partial charge in [0.05, 0.1) is 12.1 Å². The Kier molecular flexibility index (Phi) is 6.08. The van der Waals surface area contributed by atoms with Crippen LogP contribution >= 0.6 is 34.2 Å². The number of hydrogen-bond donors (Lipinski definition) is 1. The molecule has 1 N–H and O–H groups in total. The van der Waals surface area contributed by atoms with E-state index in [1.807, 2.05) is 0 Å². The summed E-state index contributed by atoms with van der Waals surface area (Å²) in [6.07, 6.45) is 1.03. The highest BCUT2D eigenvalue weighted by molar-refractivity contribution is 14.1. The Labute approximate surface area is 137 Å². The lowest BCUT2D eigenvalue weighted by molar-refractivity contribution is -0.120. The third-order valence-electron chi connectivity index (χ3n) is 2.79. The van der Waals surface area contributed by atoms with Crippen LogP contribution in [0.1, 0.15) is 12.5 Å². The number of sulfone groups is 1. The first-order valence-corrected chi connectivity index (χ1v) is 9.06. The van der Waals surface area contributed by atoms with Gasteiger partial charge in [-0.15, -0.1) is 0 Å². The van der Waals surface area contributed by atoms with Gasteiger partial charge >= 0.3 is 0 Å². The second-order valence-corrected chi connectivity index (χ2v) is 8.20. The van der Waals surface area contributed by atoms with Crippen LogP contribution in [0.25, 0.3) is 0 Å². The fraction of sp³-hybridized carbons (Fsp3) is 0.417. The van der Waals surface area contributed by atoms with Gasteiger partial charge in [0, 0.05) is 21.9 Å². The summed E-state index contributed by atoms with van der Waals surface area (Å²) in [6.45, 7) is 1.50. The molecule has 0 bridgehead atoms. The third-order valence-corrected chi connectivity index (χ3v) is 5.81. The second kappa shape index (κ2) is 6.95. The highest BCUT2D eigenvalue weighted by Crippen LogP contribution is 2.28. The highest BCUT2D eigenvalue weighted by Gasteiger charge is 2.23. The van der Waals surface area contributed by atoms with Gasteiger partial charge in [0.2, 0.25) is 5.91 Å². The lowest BCUT2D eigenvalue weighted by Crippen LogP contribution is -2.37. The first-order chi connectivity index (χ1) is 9.16. The topological polar surface area (TPSA) is 72.5 Å². The molecule has 1 aromatic carbocycles. The lowest BCUT2D eigenvalue weighted by atomic mass is 10.2. The summed E-state index contributed by atoms with van der Waals surface area (Å²) < 4.78 is 28.6. The summed E-state index contributed by atoms with van der Waals surface area (Å²) in [5.74, 6) is 0.0373. The normalized spacial score (nSPS) is 12.8. The summed E-state index contributed by atoms with van der Waals surface area (Å²) in [5.41, 5.74) is 0.687. The molecule has 112 valence electrons. The number of ether oxygens (including phenoxy) is 1. The molecular formula is C12H15ClINO4S. The molecule has 0 spiro atoms. The van der Waals surface area contributed by atoms with E-state index < -0.39 is 21.0 Å². The van der Waals surface area contributed by atoms with Gasteiger partial charge in [-0.25, -0.2) is 8.42 Å². The smallest absolute Gasteiger partial charge is 0.238 e. The van der Waals surface area contributed by atoms with E-state index in [1.165, 1.54) is 14.0 Å². The van der Waals surface area contributed by atoms with E-state index in [9.17, 15) is 13.2 Å². The summed E-state index contributed by atoms with van der Waals surface area (Å²) >= 11 is 8.10. The summed E-state index contributed by atoms with van der Waals surface area (Å²) in [5, 5.41) is 2.03. The van der Waals surface area contributed by atoms with E-state index in [0.29, 0.717) is 16.3 Å². The van der Waals surface area contributed by atoms with E-state index in [4.69, 9.17) is 16.3 Å². The van der Waals surface area contributed by atoms with Gasteiger partial charge in [0.1, 0.15) is 11.0 Å². The SMILES string of the molecule is COc1cc(I)c(Cl)cc1CNC(=O)C(C)S(C)(=O)=O. The van der Waals surface area contributed by atoms with E-state index in [1.54, 1.807) is 12.1 Å². The molecule has 0 aliphatic carbocycles. The molecule has 1 atom stereocenters. The second-order valence-electron chi connectivity index (χ2n) is 4.27. The monoisotopic (exact) mass is 431 g/mol. The fourth-order valence-electron chi connectivity index (χ4n) is 1.42. The van der Waals surface area contributed by atoms with Crippen molar-refractivity contribution in [3.63, 3.8) is 0 Å². The van der Waals surface area contributed by atoms with Crippen molar-refractivity contribution in [2.45, 2.75) is 18.7 Å². The molecule has 5 nitrogen and oxygen atoms in total. The Hall–Kier alpha value is -0.540. The zero-order valence-electron chi connectivity index (χ0n) is 11.2. The van der Waals surface area contributed by atoms with Gasteiger partial charge in [-0.2, -0.15) is 0 Å². The van der Waals surface area contributed by atoms with Crippen LogP contribution in [0.15, 0.2) is 12.1 Å². The largest absolute Gasteiger partial charge is 0.496 e. The maximum Gasteiger partial charge on any atom is 0.238 e. The highest BCUT2D eigenvalue weighted by atomic mass is 127. The maximum atomic E-state index is 11.7. The quantitative estimate of drug-likeness (QED) is 0.724. The summed E-state index contributed by atoms with van der Waals surface area (Å²) in [6, 6.07) is 3.44. The van der Waals surface area contributed by atoms with Crippen molar-refractivity contribution in [1.82, 2.24) is 5.32 Å².